The Kier molecular flexibility index (Phi) is 6.90. The molecule has 0 bridgehead atoms. The second-order valence-electron chi connectivity index (χ2n) is 8.55. The zero-order valence-corrected chi connectivity index (χ0v) is 21.0. The maximum absolute atomic E-state index is 6.01. The van der Waals surface area contributed by atoms with Gasteiger partial charge in [-0.25, -0.2) is 0 Å². The van der Waals surface area contributed by atoms with Gasteiger partial charge in [0.1, 0.15) is 24.7 Å². The summed E-state index contributed by atoms with van der Waals surface area (Å²) >= 11 is 3.74. The third kappa shape index (κ3) is 4.71. The summed E-state index contributed by atoms with van der Waals surface area (Å²) in [6.45, 7) is 2.89. The van der Waals surface area contributed by atoms with E-state index >= 15 is 0 Å². The second-order valence-corrected chi connectivity index (χ2v) is 9.51. The molecule has 1 fully saturated rings. The van der Waals surface area contributed by atoms with E-state index in [1.807, 2.05) is 30.3 Å². The second kappa shape index (κ2) is 10.2. The maximum Gasteiger partial charge on any atom is 0.162 e. The van der Waals surface area contributed by atoms with Crippen molar-refractivity contribution >= 4 is 27.2 Å². The SMILES string of the molecule is COC(OC)C1CN(c2ccc(C3=C(Br)COc4cc(OCc5ccccc5)ccc43)cc2)C1. The Bertz CT molecular complexity index is 1150. The Labute approximate surface area is 209 Å². The van der Waals surface area contributed by atoms with Gasteiger partial charge in [-0.1, -0.05) is 58.4 Å². The number of ether oxygens (including phenoxy) is 4. The summed E-state index contributed by atoms with van der Waals surface area (Å²) in [5.41, 5.74) is 5.72. The quantitative estimate of drug-likeness (QED) is 0.347. The molecule has 34 heavy (non-hydrogen) atoms. The zero-order chi connectivity index (χ0) is 23.5. The van der Waals surface area contributed by atoms with E-state index in [1.165, 1.54) is 5.69 Å². The zero-order valence-electron chi connectivity index (χ0n) is 19.4. The van der Waals surface area contributed by atoms with E-state index in [-0.39, 0.29) is 6.29 Å². The lowest BCUT2D eigenvalue weighted by molar-refractivity contribution is -0.142. The number of fused-ring (bicyclic) bond motifs is 1. The van der Waals surface area contributed by atoms with Gasteiger partial charge in [-0.15, -0.1) is 0 Å². The van der Waals surface area contributed by atoms with Gasteiger partial charge in [0.25, 0.3) is 0 Å². The van der Waals surface area contributed by atoms with Gasteiger partial charge in [0.05, 0.1) is 0 Å². The van der Waals surface area contributed by atoms with Gasteiger partial charge in [0.2, 0.25) is 0 Å². The fraction of sp³-hybridized carbons (Fsp3) is 0.286. The van der Waals surface area contributed by atoms with Crippen LogP contribution in [0.1, 0.15) is 16.7 Å². The molecule has 5 nitrogen and oxygen atoms in total. The van der Waals surface area contributed by atoms with Crippen LogP contribution < -0.4 is 14.4 Å². The molecule has 0 aromatic heterocycles. The third-order valence-corrected chi connectivity index (χ3v) is 7.00. The molecule has 0 radical (unpaired) electrons. The van der Waals surface area contributed by atoms with Crippen LogP contribution in [0.25, 0.3) is 5.57 Å². The fourth-order valence-corrected chi connectivity index (χ4v) is 5.10. The van der Waals surface area contributed by atoms with Gasteiger partial charge in [-0.05, 0) is 35.4 Å². The average molecular weight is 522 g/mol. The highest BCUT2D eigenvalue weighted by Crippen LogP contribution is 2.41. The summed E-state index contributed by atoms with van der Waals surface area (Å²) in [5, 5.41) is 0. The molecule has 3 aromatic rings. The number of anilines is 1. The Balaban J connectivity index is 1.30. The van der Waals surface area contributed by atoms with Crippen LogP contribution >= 0.6 is 15.9 Å². The van der Waals surface area contributed by atoms with Crippen molar-refractivity contribution in [3.8, 4) is 11.5 Å². The predicted octanol–water partition coefficient (Wildman–Crippen LogP) is 5.87. The van der Waals surface area contributed by atoms with E-state index in [9.17, 15) is 0 Å². The molecule has 6 heteroatoms. The Morgan fingerprint density at radius 1 is 0.971 bits per heavy atom. The van der Waals surface area contributed by atoms with Crippen molar-refractivity contribution in [3.63, 3.8) is 0 Å². The lowest BCUT2D eigenvalue weighted by atomic mass is 9.94. The smallest absolute Gasteiger partial charge is 0.162 e. The molecule has 5 rings (SSSR count). The Hall–Kier alpha value is -2.80. The van der Waals surface area contributed by atoms with Crippen molar-refractivity contribution in [2.24, 2.45) is 5.92 Å². The molecular weight excluding hydrogens is 494 g/mol. The first-order chi connectivity index (χ1) is 16.7. The van der Waals surface area contributed by atoms with Crippen LogP contribution in [0.4, 0.5) is 5.69 Å². The van der Waals surface area contributed by atoms with Crippen molar-refractivity contribution in [1.82, 2.24) is 0 Å². The first kappa shape index (κ1) is 23.0. The van der Waals surface area contributed by atoms with Crippen molar-refractivity contribution in [2.75, 3.05) is 38.8 Å². The van der Waals surface area contributed by atoms with Crippen molar-refractivity contribution < 1.29 is 18.9 Å². The van der Waals surface area contributed by atoms with Crippen LogP contribution in [-0.4, -0.2) is 40.2 Å². The maximum atomic E-state index is 6.01. The highest BCUT2D eigenvalue weighted by atomic mass is 79.9. The monoisotopic (exact) mass is 521 g/mol. The van der Waals surface area contributed by atoms with E-state index in [0.717, 1.165) is 51.3 Å². The van der Waals surface area contributed by atoms with Crippen LogP contribution in [0, 0.1) is 5.92 Å². The largest absolute Gasteiger partial charge is 0.489 e. The summed E-state index contributed by atoms with van der Waals surface area (Å²) in [6.07, 6.45) is -0.142. The number of halogens is 1. The van der Waals surface area contributed by atoms with Gasteiger partial charge >= 0.3 is 0 Å². The standard InChI is InChI=1S/C28H28BrNO4/c1-31-28(32-2)21-15-30(16-21)22-10-8-20(9-11-22)27-24-13-12-23(14-26(24)34-18-25(27)29)33-17-19-6-4-3-5-7-19/h3-14,21,28H,15-18H2,1-2H3. The minimum Gasteiger partial charge on any atom is -0.489 e. The number of nitrogens with zero attached hydrogens (tertiary/aromatic N) is 1. The first-order valence-electron chi connectivity index (χ1n) is 11.4. The molecule has 2 aliphatic rings. The van der Waals surface area contributed by atoms with E-state index < -0.39 is 0 Å². The number of hydrogen-bond donors (Lipinski definition) is 0. The number of methoxy groups -OCH3 is 2. The number of hydrogen-bond acceptors (Lipinski definition) is 5. The van der Waals surface area contributed by atoms with Crippen molar-refractivity contribution in [2.45, 2.75) is 12.9 Å². The molecular formula is C28H28BrNO4. The highest BCUT2D eigenvalue weighted by molar-refractivity contribution is 9.11. The summed E-state index contributed by atoms with van der Waals surface area (Å²) in [7, 11) is 3.39. The van der Waals surface area contributed by atoms with Crippen molar-refractivity contribution in [3.05, 3.63) is 94.0 Å². The van der Waals surface area contributed by atoms with Gasteiger partial charge in [0, 0.05) is 60.6 Å². The van der Waals surface area contributed by atoms with Crippen LogP contribution in [0.5, 0.6) is 11.5 Å². The van der Waals surface area contributed by atoms with Crippen LogP contribution in [0.3, 0.4) is 0 Å². The van der Waals surface area contributed by atoms with Crippen LogP contribution in [-0.2, 0) is 16.1 Å². The summed E-state index contributed by atoms with van der Waals surface area (Å²) in [5.74, 6) is 2.03. The molecule has 3 aromatic carbocycles. The van der Waals surface area contributed by atoms with Gasteiger partial charge < -0.3 is 23.8 Å². The van der Waals surface area contributed by atoms with E-state index in [4.69, 9.17) is 18.9 Å². The first-order valence-corrected chi connectivity index (χ1v) is 12.2. The molecule has 0 spiro atoms. The van der Waals surface area contributed by atoms with Gasteiger partial charge in [-0.2, -0.15) is 0 Å². The summed E-state index contributed by atoms with van der Waals surface area (Å²) in [6, 6.07) is 24.9. The lowest BCUT2D eigenvalue weighted by Crippen LogP contribution is -2.53. The molecule has 0 aliphatic carbocycles. The van der Waals surface area contributed by atoms with E-state index in [1.54, 1.807) is 14.2 Å². The van der Waals surface area contributed by atoms with Crippen LogP contribution in [0.2, 0.25) is 0 Å². The molecule has 2 aliphatic heterocycles. The highest BCUT2D eigenvalue weighted by Gasteiger charge is 2.34. The fourth-order valence-electron chi connectivity index (χ4n) is 4.55. The minimum absolute atomic E-state index is 0.142. The average Bonchev–Trinajstić information content (AvgIpc) is 2.85. The normalized spacial score (nSPS) is 15.7. The molecule has 2 heterocycles. The molecule has 0 saturated carbocycles. The summed E-state index contributed by atoms with van der Waals surface area (Å²) < 4.78 is 23.8. The predicted molar refractivity (Wildman–Crippen MR) is 138 cm³/mol. The molecule has 0 N–H and O–H groups in total. The Morgan fingerprint density at radius 3 is 2.41 bits per heavy atom. The lowest BCUT2D eigenvalue weighted by Gasteiger charge is -2.43. The molecule has 176 valence electrons. The Morgan fingerprint density at radius 2 is 1.71 bits per heavy atom. The summed E-state index contributed by atoms with van der Waals surface area (Å²) in [4.78, 5) is 2.34. The molecule has 0 atom stereocenters. The third-order valence-electron chi connectivity index (χ3n) is 6.38. The molecule has 1 saturated heterocycles. The molecule has 0 unspecified atom stereocenters. The number of rotatable bonds is 8. The van der Waals surface area contributed by atoms with Gasteiger partial charge in [-0.3, -0.25) is 0 Å². The van der Waals surface area contributed by atoms with Crippen molar-refractivity contribution in [1.29, 1.82) is 0 Å². The number of benzene rings is 3. The van der Waals surface area contributed by atoms with Crippen LogP contribution in [0.15, 0.2) is 77.3 Å². The van der Waals surface area contributed by atoms with Gasteiger partial charge in [0.15, 0.2) is 6.29 Å². The van der Waals surface area contributed by atoms with E-state index in [2.05, 4.69) is 63.3 Å². The van der Waals surface area contributed by atoms with E-state index in [0.29, 0.717) is 19.1 Å². The molecule has 0 amide bonds. The topological polar surface area (TPSA) is 40.2 Å². The minimum atomic E-state index is -0.142.